The molecule has 0 aliphatic rings. The number of primary amides is 1. The molecule has 1 amide bonds. The number of amides is 1. The molecule has 30 heavy (non-hydrogen) atoms. The van der Waals surface area contributed by atoms with Gasteiger partial charge in [0.1, 0.15) is 0 Å². The van der Waals surface area contributed by atoms with Gasteiger partial charge in [-0.2, -0.15) is 0 Å². The Kier molecular flexibility index (Phi) is 6.01. The molecule has 4 rings (SSSR count). The highest BCUT2D eigenvalue weighted by Crippen LogP contribution is 2.51. The Morgan fingerprint density at radius 3 is 1.40 bits per heavy atom. The molecule has 0 aliphatic heterocycles. The van der Waals surface area contributed by atoms with Crippen LogP contribution >= 0.6 is 11.8 Å². The Hall–Kier alpha value is -3.30. The van der Waals surface area contributed by atoms with Crippen molar-refractivity contribution in [3.8, 4) is 0 Å². The summed E-state index contributed by atoms with van der Waals surface area (Å²) < 4.78 is -0.408. The van der Waals surface area contributed by atoms with E-state index in [4.69, 9.17) is 5.73 Å². The highest BCUT2D eigenvalue weighted by atomic mass is 32.2. The molecule has 0 unspecified atom stereocenters. The number of hydrogen-bond donors (Lipinski definition) is 1. The number of nitrogens with two attached hydrogens (primary N) is 1. The van der Waals surface area contributed by atoms with Gasteiger partial charge in [-0.1, -0.05) is 103 Å². The van der Waals surface area contributed by atoms with Gasteiger partial charge in [0.15, 0.2) is 0 Å². The maximum Gasteiger partial charge on any atom is 0.221 e. The molecule has 0 spiro atoms. The van der Waals surface area contributed by atoms with Crippen LogP contribution in [0.1, 0.15) is 22.3 Å². The summed E-state index contributed by atoms with van der Waals surface area (Å²) in [6, 6.07) is 39.9. The van der Waals surface area contributed by atoms with Gasteiger partial charge >= 0.3 is 0 Å². The molecule has 0 fully saturated rings. The topological polar surface area (TPSA) is 43.1 Å². The van der Waals surface area contributed by atoms with Gasteiger partial charge in [-0.3, -0.25) is 4.79 Å². The lowest BCUT2D eigenvalue weighted by Crippen LogP contribution is -2.25. The van der Waals surface area contributed by atoms with Gasteiger partial charge in [0.05, 0.1) is 11.2 Å². The molecule has 148 valence electrons. The summed E-state index contributed by atoms with van der Waals surface area (Å²) in [4.78, 5) is 12.4. The number of rotatable bonds is 7. The molecular weight excluding hydrogens is 386 g/mol. The zero-order chi connectivity index (χ0) is 20.8. The highest BCUT2D eigenvalue weighted by molar-refractivity contribution is 8.00. The molecule has 3 heteroatoms. The van der Waals surface area contributed by atoms with Gasteiger partial charge in [-0.25, -0.2) is 0 Å². The minimum atomic E-state index is -0.408. The molecule has 2 nitrogen and oxygen atoms in total. The molecule has 0 saturated carbocycles. The summed E-state index contributed by atoms with van der Waals surface area (Å²) >= 11 is 1.81. The highest BCUT2D eigenvalue weighted by Gasteiger charge is 2.37. The van der Waals surface area contributed by atoms with E-state index in [0.717, 1.165) is 10.5 Å². The van der Waals surface area contributed by atoms with Crippen molar-refractivity contribution in [2.45, 2.75) is 16.1 Å². The number of hydrogen-bond acceptors (Lipinski definition) is 2. The Morgan fingerprint density at radius 1 is 0.633 bits per heavy atom. The van der Waals surface area contributed by atoms with Crippen LogP contribution in [0.2, 0.25) is 0 Å². The molecule has 0 atom stereocenters. The Balaban J connectivity index is 1.88. The molecule has 0 saturated heterocycles. The van der Waals surface area contributed by atoms with E-state index in [0.29, 0.717) is 0 Å². The molecule has 0 aliphatic carbocycles. The zero-order valence-corrected chi connectivity index (χ0v) is 17.4. The largest absolute Gasteiger partial charge is 0.369 e. The van der Waals surface area contributed by atoms with Crippen molar-refractivity contribution in [1.29, 1.82) is 0 Å². The lowest BCUT2D eigenvalue weighted by Gasteiger charge is -2.35. The predicted octanol–water partition coefficient (Wildman–Crippen LogP) is 5.80. The fraction of sp³-hybridized carbons (Fsp3) is 0.0741. The Bertz CT molecular complexity index is 997. The van der Waals surface area contributed by atoms with Crippen molar-refractivity contribution in [2.75, 3.05) is 0 Å². The number of benzene rings is 4. The summed E-state index contributed by atoms with van der Waals surface area (Å²) in [7, 11) is 0. The Labute approximate surface area is 181 Å². The van der Waals surface area contributed by atoms with E-state index in [-0.39, 0.29) is 12.3 Å². The summed E-state index contributed by atoms with van der Waals surface area (Å²) in [6.45, 7) is 0. The van der Waals surface area contributed by atoms with Crippen LogP contribution in [-0.2, 0) is 16.0 Å². The van der Waals surface area contributed by atoms with Crippen molar-refractivity contribution < 1.29 is 4.79 Å². The average molecular weight is 410 g/mol. The number of carbonyl (C=O) groups excluding carboxylic acids is 1. The van der Waals surface area contributed by atoms with E-state index in [1.54, 1.807) is 11.8 Å². The maximum absolute atomic E-state index is 11.3. The molecule has 2 N–H and O–H groups in total. The van der Waals surface area contributed by atoms with Crippen LogP contribution in [0.5, 0.6) is 0 Å². The van der Waals surface area contributed by atoms with Crippen molar-refractivity contribution in [3.63, 3.8) is 0 Å². The summed E-state index contributed by atoms with van der Waals surface area (Å²) in [6.07, 6.45) is 0.256. The van der Waals surface area contributed by atoms with Gasteiger partial charge in [-0.05, 0) is 34.4 Å². The second-order valence-corrected chi connectivity index (χ2v) is 8.46. The van der Waals surface area contributed by atoms with Crippen molar-refractivity contribution in [2.24, 2.45) is 5.73 Å². The monoisotopic (exact) mass is 409 g/mol. The van der Waals surface area contributed by atoms with Crippen LogP contribution in [0.15, 0.2) is 120 Å². The lowest BCUT2D eigenvalue weighted by atomic mass is 9.84. The summed E-state index contributed by atoms with van der Waals surface area (Å²) in [5.41, 5.74) is 9.92. The van der Waals surface area contributed by atoms with Crippen molar-refractivity contribution >= 4 is 17.7 Å². The minimum absolute atomic E-state index is 0.256. The van der Waals surface area contributed by atoms with E-state index in [1.165, 1.54) is 16.7 Å². The fourth-order valence-electron chi connectivity index (χ4n) is 3.75. The first-order valence-electron chi connectivity index (χ1n) is 9.91. The molecule has 0 radical (unpaired) electrons. The summed E-state index contributed by atoms with van der Waals surface area (Å²) in [5.74, 6) is -0.317. The third-order valence-corrected chi connectivity index (χ3v) is 6.63. The van der Waals surface area contributed by atoms with Gasteiger partial charge < -0.3 is 5.73 Å². The fourth-order valence-corrected chi connectivity index (χ4v) is 5.14. The number of carbonyl (C=O) groups is 1. The first-order valence-corrected chi connectivity index (χ1v) is 10.7. The lowest BCUT2D eigenvalue weighted by molar-refractivity contribution is -0.117. The average Bonchev–Trinajstić information content (AvgIpc) is 2.80. The van der Waals surface area contributed by atoms with Crippen LogP contribution in [-0.4, -0.2) is 5.91 Å². The molecule has 0 aromatic heterocycles. The summed E-state index contributed by atoms with van der Waals surface area (Å²) in [5, 5.41) is 0. The van der Waals surface area contributed by atoms with Gasteiger partial charge in [-0.15, -0.1) is 11.8 Å². The smallest absolute Gasteiger partial charge is 0.221 e. The van der Waals surface area contributed by atoms with Gasteiger partial charge in [0.25, 0.3) is 0 Å². The van der Waals surface area contributed by atoms with E-state index >= 15 is 0 Å². The second kappa shape index (κ2) is 9.02. The normalized spacial score (nSPS) is 11.2. The quantitative estimate of drug-likeness (QED) is 0.310. The third-order valence-electron chi connectivity index (χ3n) is 5.11. The maximum atomic E-state index is 11.3. The molecule has 4 aromatic carbocycles. The van der Waals surface area contributed by atoms with E-state index in [2.05, 4.69) is 84.9 Å². The standard InChI is InChI=1S/C27H23NOS/c28-26(29)20-21-16-18-25(19-17-21)30-27(22-10-4-1-5-11-22,23-12-6-2-7-13-23)24-14-8-3-9-15-24/h1-19H,20H2,(H2,28,29). The molecular formula is C27H23NOS. The van der Waals surface area contributed by atoms with Crippen LogP contribution in [0.3, 0.4) is 0 Å². The first kappa shape index (κ1) is 20.0. The number of thioether (sulfide) groups is 1. The van der Waals surface area contributed by atoms with Gasteiger partial charge in [0.2, 0.25) is 5.91 Å². The Morgan fingerprint density at radius 2 is 1.03 bits per heavy atom. The second-order valence-electron chi connectivity index (χ2n) is 7.17. The van der Waals surface area contributed by atoms with Crippen molar-refractivity contribution in [3.05, 3.63) is 138 Å². The van der Waals surface area contributed by atoms with Crippen LogP contribution in [0.4, 0.5) is 0 Å². The van der Waals surface area contributed by atoms with E-state index in [9.17, 15) is 4.79 Å². The van der Waals surface area contributed by atoms with E-state index < -0.39 is 4.75 Å². The predicted molar refractivity (Wildman–Crippen MR) is 124 cm³/mol. The van der Waals surface area contributed by atoms with Crippen LogP contribution < -0.4 is 5.73 Å². The van der Waals surface area contributed by atoms with E-state index in [1.807, 2.05) is 30.3 Å². The van der Waals surface area contributed by atoms with Crippen LogP contribution in [0, 0.1) is 0 Å². The molecule has 0 bridgehead atoms. The SMILES string of the molecule is NC(=O)Cc1ccc(SC(c2ccccc2)(c2ccccc2)c2ccccc2)cc1. The first-order chi connectivity index (χ1) is 14.7. The zero-order valence-electron chi connectivity index (χ0n) is 16.6. The van der Waals surface area contributed by atoms with Gasteiger partial charge in [0, 0.05) is 4.90 Å². The minimum Gasteiger partial charge on any atom is -0.369 e. The molecule has 0 heterocycles. The molecule has 4 aromatic rings. The van der Waals surface area contributed by atoms with Crippen LogP contribution in [0.25, 0.3) is 0 Å². The third kappa shape index (κ3) is 4.17. The van der Waals surface area contributed by atoms with Crippen molar-refractivity contribution in [1.82, 2.24) is 0 Å².